The van der Waals surface area contributed by atoms with Gasteiger partial charge in [-0.3, -0.25) is 0 Å². The van der Waals surface area contributed by atoms with E-state index in [0.29, 0.717) is 0 Å². The van der Waals surface area contributed by atoms with E-state index in [2.05, 4.69) is 18.4 Å². The van der Waals surface area contributed by atoms with Crippen LogP contribution in [-0.2, 0) is 0 Å². The standard InChI is InChI=1S/C12H12O/c1-3-4-5-10(2)11-6-8-12(13)9-7-11/h3,6-10,13H,1H2,2H3. The number of phenolic OH excluding ortho intramolecular Hbond substituents is 1. The van der Waals surface area contributed by atoms with Crippen LogP contribution in [0.5, 0.6) is 5.75 Å². The molecule has 0 aliphatic carbocycles. The van der Waals surface area contributed by atoms with Gasteiger partial charge < -0.3 is 5.11 Å². The van der Waals surface area contributed by atoms with E-state index in [1.54, 1.807) is 18.2 Å². The summed E-state index contributed by atoms with van der Waals surface area (Å²) in [6.07, 6.45) is 1.58. The first-order chi connectivity index (χ1) is 6.24. The molecule has 1 nitrogen and oxygen atoms in total. The van der Waals surface area contributed by atoms with Crippen molar-refractivity contribution in [1.82, 2.24) is 0 Å². The maximum absolute atomic E-state index is 9.06. The highest BCUT2D eigenvalue weighted by Crippen LogP contribution is 2.17. The van der Waals surface area contributed by atoms with E-state index in [-0.39, 0.29) is 11.7 Å². The topological polar surface area (TPSA) is 20.2 Å². The van der Waals surface area contributed by atoms with Crippen LogP contribution in [0, 0.1) is 11.8 Å². The normalized spacial score (nSPS) is 11.2. The molecule has 1 unspecified atom stereocenters. The number of hydrogen-bond donors (Lipinski definition) is 1. The van der Waals surface area contributed by atoms with E-state index >= 15 is 0 Å². The zero-order valence-electron chi connectivity index (χ0n) is 7.62. The van der Waals surface area contributed by atoms with Gasteiger partial charge in [0.2, 0.25) is 0 Å². The van der Waals surface area contributed by atoms with Gasteiger partial charge in [0, 0.05) is 5.92 Å². The molecule has 0 aliphatic rings. The van der Waals surface area contributed by atoms with Crippen molar-refractivity contribution in [2.24, 2.45) is 0 Å². The van der Waals surface area contributed by atoms with Gasteiger partial charge in [0.15, 0.2) is 0 Å². The Morgan fingerprint density at radius 3 is 2.54 bits per heavy atom. The Kier molecular flexibility index (Phi) is 3.16. The molecule has 0 heterocycles. The van der Waals surface area contributed by atoms with Gasteiger partial charge in [-0.25, -0.2) is 0 Å². The van der Waals surface area contributed by atoms with Crippen molar-refractivity contribution in [3.05, 3.63) is 42.5 Å². The molecule has 1 N–H and O–H groups in total. The average molecular weight is 172 g/mol. The van der Waals surface area contributed by atoms with Crippen molar-refractivity contribution in [1.29, 1.82) is 0 Å². The summed E-state index contributed by atoms with van der Waals surface area (Å²) in [7, 11) is 0. The summed E-state index contributed by atoms with van der Waals surface area (Å²) in [5, 5.41) is 9.06. The fourth-order valence-electron chi connectivity index (χ4n) is 1.03. The van der Waals surface area contributed by atoms with Gasteiger partial charge in [-0.1, -0.05) is 30.6 Å². The molecule has 1 aromatic rings. The molecule has 0 bridgehead atoms. The lowest BCUT2D eigenvalue weighted by atomic mass is 10.0. The number of allylic oxidation sites excluding steroid dienone is 1. The Morgan fingerprint density at radius 1 is 1.38 bits per heavy atom. The molecular weight excluding hydrogens is 160 g/mol. The SMILES string of the molecule is C=CC#CC(C)c1ccc(O)cc1. The van der Waals surface area contributed by atoms with Gasteiger partial charge in [0.1, 0.15) is 5.75 Å². The van der Waals surface area contributed by atoms with Gasteiger partial charge in [-0.15, -0.1) is 0 Å². The lowest BCUT2D eigenvalue weighted by molar-refractivity contribution is 0.475. The lowest BCUT2D eigenvalue weighted by Crippen LogP contribution is -1.87. The fourth-order valence-corrected chi connectivity index (χ4v) is 1.03. The number of benzene rings is 1. The largest absolute Gasteiger partial charge is 0.508 e. The molecule has 0 aromatic heterocycles. The molecule has 13 heavy (non-hydrogen) atoms. The van der Waals surface area contributed by atoms with Gasteiger partial charge >= 0.3 is 0 Å². The minimum Gasteiger partial charge on any atom is -0.508 e. The van der Waals surface area contributed by atoms with Crippen LogP contribution < -0.4 is 0 Å². The van der Waals surface area contributed by atoms with Crippen molar-refractivity contribution in [3.8, 4) is 17.6 Å². The van der Waals surface area contributed by atoms with Crippen LogP contribution in [0.3, 0.4) is 0 Å². The zero-order valence-corrected chi connectivity index (χ0v) is 7.62. The van der Waals surface area contributed by atoms with E-state index in [1.807, 2.05) is 19.1 Å². The maximum Gasteiger partial charge on any atom is 0.115 e. The molecule has 0 saturated heterocycles. The summed E-state index contributed by atoms with van der Waals surface area (Å²) in [5.74, 6) is 6.29. The minimum absolute atomic E-state index is 0.179. The Balaban J connectivity index is 2.83. The zero-order chi connectivity index (χ0) is 9.68. The van der Waals surface area contributed by atoms with E-state index in [9.17, 15) is 0 Å². The highest BCUT2D eigenvalue weighted by atomic mass is 16.3. The monoisotopic (exact) mass is 172 g/mol. The third kappa shape index (κ3) is 2.68. The Labute approximate surface area is 78.7 Å². The molecule has 1 aromatic carbocycles. The van der Waals surface area contributed by atoms with Crippen molar-refractivity contribution in [3.63, 3.8) is 0 Å². The second-order valence-electron chi connectivity index (χ2n) is 2.81. The molecule has 0 fully saturated rings. The van der Waals surface area contributed by atoms with Crippen LogP contribution in [0.25, 0.3) is 0 Å². The molecule has 0 saturated carbocycles. The van der Waals surface area contributed by atoms with E-state index in [4.69, 9.17) is 5.11 Å². The van der Waals surface area contributed by atoms with Crippen molar-refractivity contribution < 1.29 is 5.11 Å². The van der Waals surface area contributed by atoms with E-state index < -0.39 is 0 Å². The van der Waals surface area contributed by atoms with Crippen LogP contribution in [0.15, 0.2) is 36.9 Å². The number of rotatable bonds is 1. The summed E-state index contributed by atoms with van der Waals surface area (Å²) >= 11 is 0. The Hall–Kier alpha value is -1.68. The van der Waals surface area contributed by atoms with Gasteiger partial charge in [0.05, 0.1) is 0 Å². The average Bonchev–Trinajstić information content (AvgIpc) is 2.15. The molecule has 1 atom stereocenters. The molecule has 0 aliphatic heterocycles. The van der Waals surface area contributed by atoms with Crippen LogP contribution in [0.2, 0.25) is 0 Å². The Morgan fingerprint density at radius 2 is 2.00 bits per heavy atom. The van der Waals surface area contributed by atoms with E-state index in [0.717, 1.165) is 5.56 Å². The molecular formula is C12H12O. The van der Waals surface area contributed by atoms with Crippen LogP contribution >= 0.6 is 0 Å². The predicted octanol–water partition coefficient (Wildman–Crippen LogP) is 2.69. The third-order valence-electron chi connectivity index (χ3n) is 1.79. The second kappa shape index (κ2) is 4.37. The number of phenols is 1. The highest BCUT2D eigenvalue weighted by Gasteiger charge is 1.99. The first-order valence-electron chi connectivity index (χ1n) is 4.15. The first kappa shape index (κ1) is 9.41. The van der Waals surface area contributed by atoms with Crippen molar-refractivity contribution >= 4 is 0 Å². The smallest absolute Gasteiger partial charge is 0.115 e. The van der Waals surface area contributed by atoms with Crippen molar-refractivity contribution in [2.75, 3.05) is 0 Å². The molecule has 0 amide bonds. The fraction of sp³-hybridized carbons (Fsp3) is 0.167. The van der Waals surface area contributed by atoms with Gasteiger partial charge in [-0.05, 0) is 30.7 Å². The van der Waals surface area contributed by atoms with Gasteiger partial charge in [-0.2, -0.15) is 0 Å². The molecule has 0 radical (unpaired) electrons. The summed E-state index contributed by atoms with van der Waals surface area (Å²) in [6, 6.07) is 7.08. The molecule has 66 valence electrons. The highest BCUT2D eigenvalue weighted by molar-refractivity contribution is 5.33. The molecule has 1 heteroatoms. The minimum atomic E-state index is 0.179. The summed E-state index contributed by atoms with van der Waals surface area (Å²) in [5.41, 5.74) is 1.10. The quantitative estimate of drug-likeness (QED) is 0.646. The Bertz CT molecular complexity index is 338. The maximum atomic E-state index is 9.06. The third-order valence-corrected chi connectivity index (χ3v) is 1.79. The number of aromatic hydroxyl groups is 1. The second-order valence-corrected chi connectivity index (χ2v) is 2.81. The summed E-state index contributed by atoms with van der Waals surface area (Å²) in [6.45, 7) is 5.54. The van der Waals surface area contributed by atoms with Gasteiger partial charge in [0.25, 0.3) is 0 Å². The van der Waals surface area contributed by atoms with Crippen molar-refractivity contribution in [2.45, 2.75) is 12.8 Å². The predicted molar refractivity (Wildman–Crippen MR) is 54.5 cm³/mol. The first-order valence-corrected chi connectivity index (χ1v) is 4.15. The molecule has 0 spiro atoms. The number of hydrogen-bond acceptors (Lipinski definition) is 1. The summed E-state index contributed by atoms with van der Waals surface area (Å²) in [4.78, 5) is 0. The van der Waals surface area contributed by atoms with Crippen LogP contribution in [0.1, 0.15) is 18.4 Å². The summed E-state index contributed by atoms with van der Waals surface area (Å²) < 4.78 is 0. The van der Waals surface area contributed by atoms with Crippen LogP contribution in [0.4, 0.5) is 0 Å². The van der Waals surface area contributed by atoms with Crippen LogP contribution in [-0.4, -0.2) is 5.11 Å². The lowest BCUT2D eigenvalue weighted by Gasteiger charge is -2.03. The molecule has 1 rings (SSSR count). The van der Waals surface area contributed by atoms with E-state index in [1.165, 1.54) is 0 Å².